The quantitative estimate of drug-likeness (QED) is 0.0198. The Kier molecular flexibility index (Phi) is 37.1. The van der Waals surface area contributed by atoms with Gasteiger partial charge in [0, 0.05) is 13.0 Å². The lowest BCUT2D eigenvalue weighted by atomic mass is 9.99. The number of unbranched alkanes of at least 4 members (excludes halogenated alkanes) is 20. The average Bonchev–Trinajstić information content (AvgIpc) is 3.23. The van der Waals surface area contributed by atoms with Crippen LogP contribution in [0.1, 0.15) is 187 Å². The van der Waals surface area contributed by atoms with E-state index in [1.165, 1.54) is 103 Å². The number of aliphatic hydroxyl groups is 3. The second-order valence-electron chi connectivity index (χ2n) is 16.3. The van der Waals surface area contributed by atoms with Crippen molar-refractivity contribution < 1.29 is 56.2 Å². The molecule has 0 aromatic rings. The van der Waals surface area contributed by atoms with Gasteiger partial charge in [-0.2, -0.15) is 8.42 Å². The largest absolute Gasteiger partial charge is 0.457 e. The highest BCUT2D eigenvalue weighted by Gasteiger charge is 2.48. The van der Waals surface area contributed by atoms with E-state index in [1.807, 2.05) is 0 Å². The Hall–Kier alpha value is -1.94. The first-order valence-corrected chi connectivity index (χ1v) is 25.3. The van der Waals surface area contributed by atoms with E-state index in [0.29, 0.717) is 13.0 Å². The van der Waals surface area contributed by atoms with Crippen LogP contribution in [0.15, 0.2) is 48.6 Å². The molecule has 0 aliphatic carbocycles. The SMILES string of the molecule is CC/C=C\C/C=C\C/C=C\C/C=C\CCCCC(=O)OC(COCCCCCCCCCCCCCCCCCCCCC)COC1OC(CO)C(O)C(OS(=O)(=O)O)C1O. The van der Waals surface area contributed by atoms with Crippen LogP contribution < -0.4 is 0 Å². The van der Waals surface area contributed by atoms with Gasteiger partial charge in [-0.25, -0.2) is 4.18 Å². The van der Waals surface area contributed by atoms with Crippen LogP contribution in [0.3, 0.4) is 0 Å². The zero-order valence-electron chi connectivity index (χ0n) is 38.0. The summed E-state index contributed by atoms with van der Waals surface area (Å²) in [5.41, 5.74) is 0. The summed E-state index contributed by atoms with van der Waals surface area (Å²) >= 11 is 0. The van der Waals surface area contributed by atoms with Crippen molar-refractivity contribution in [3.8, 4) is 0 Å². The molecule has 6 unspecified atom stereocenters. The second kappa shape index (κ2) is 39.6. The third kappa shape index (κ3) is 33.3. The molecule has 13 heteroatoms. The third-order valence-corrected chi connectivity index (χ3v) is 11.2. The van der Waals surface area contributed by atoms with Gasteiger partial charge in [-0.05, 0) is 51.4 Å². The van der Waals surface area contributed by atoms with Crippen molar-refractivity contribution in [2.24, 2.45) is 0 Å². The summed E-state index contributed by atoms with van der Waals surface area (Å²) in [7, 11) is -5.07. The van der Waals surface area contributed by atoms with Crippen molar-refractivity contribution in [3.05, 3.63) is 48.6 Å². The monoisotopic (exact) mass is 887 g/mol. The summed E-state index contributed by atoms with van der Waals surface area (Å²) in [4.78, 5) is 12.8. The van der Waals surface area contributed by atoms with E-state index in [9.17, 15) is 28.5 Å². The molecule has 4 N–H and O–H groups in total. The summed E-state index contributed by atoms with van der Waals surface area (Å²) in [5, 5.41) is 30.7. The maximum absolute atomic E-state index is 12.8. The first-order chi connectivity index (χ1) is 29.6. The molecule has 6 atom stereocenters. The van der Waals surface area contributed by atoms with E-state index < -0.39 is 59.8 Å². The van der Waals surface area contributed by atoms with E-state index in [0.717, 1.165) is 57.8 Å². The molecule has 1 fully saturated rings. The molecule has 1 saturated heterocycles. The summed E-state index contributed by atoms with van der Waals surface area (Å²) in [5.74, 6) is -0.438. The van der Waals surface area contributed by atoms with Gasteiger partial charge in [0.1, 0.15) is 30.5 Å². The molecule has 0 spiro atoms. The first kappa shape index (κ1) is 57.1. The molecular weight excluding hydrogens is 801 g/mol. The number of carbonyl (C=O) groups is 1. The van der Waals surface area contributed by atoms with Gasteiger partial charge in [0.05, 0.1) is 19.8 Å². The topological polar surface area (TPSA) is 178 Å². The standard InChI is InChI=1S/C48H86O12S/c1-3-5-7-9-11-13-15-17-19-20-21-22-24-26-28-30-32-34-36-38-56-40-42(41-57-48-46(52)47(60-61(53,54)55)45(51)43(39-49)59-48)58-44(50)37-35-33-31-29-27-25-23-18-16-14-12-10-8-6-4-2/h6,8,12,14,18,23,27,29,42-43,45-49,51-52H,3-5,7,9-11,13,15-17,19-22,24-26,28,30-41H2,1-2H3,(H,53,54,55)/b8-6-,14-12-,23-18-,29-27-. The number of ether oxygens (including phenoxy) is 4. The predicted octanol–water partition coefficient (Wildman–Crippen LogP) is 10.4. The minimum atomic E-state index is -5.07. The maximum Gasteiger partial charge on any atom is 0.397 e. The van der Waals surface area contributed by atoms with Crippen LogP contribution in [-0.4, -0.2) is 97.5 Å². The van der Waals surface area contributed by atoms with Gasteiger partial charge >= 0.3 is 16.4 Å². The highest BCUT2D eigenvalue weighted by atomic mass is 32.3. The van der Waals surface area contributed by atoms with Gasteiger partial charge < -0.3 is 34.3 Å². The number of aliphatic hydroxyl groups excluding tert-OH is 3. The Balaban J connectivity index is 2.41. The molecule has 0 saturated carbocycles. The highest BCUT2D eigenvalue weighted by Crippen LogP contribution is 2.26. The molecule has 0 radical (unpaired) electrons. The molecule has 0 bridgehead atoms. The van der Waals surface area contributed by atoms with E-state index in [2.05, 4.69) is 66.6 Å². The first-order valence-electron chi connectivity index (χ1n) is 23.9. The molecule has 1 aliphatic rings. The molecular formula is C48H86O12S. The lowest BCUT2D eigenvalue weighted by Gasteiger charge is -2.41. The molecule has 12 nitrogen and oxygen atoms in total. The highest BCUT2D eigenvalue weighted by molar-refractivity contribution is 7.80. The number of esters is 1. The number of carbonyl (C=O) groups excluding carboxylic acids is 1. The van der Waals surface area contributed by atoms with Crippen molar-refractivity contribution in [2.75, 3.05) is 26.4 Å². The van der Waals surface area contributed by atoms with Crippen LogP contribution in [0.25, 0.3) is 0 Å². The molecule has 1 aliphatic heterocycles. The Morgan fingerprint density at radius 2 is 1.13 bits per heavy atom. The summed E-state index contributed by atoms with van der Waals surface area (Å²) < 4.78 is 59.1. The molecule has 61 heavy (non-hydrogen) atoms. The summed E-state index contributed by atoms with van der Waals surface area (Å²) in [6.07, 6.45) is 38.7. The third-order valence-electron chi connectivity index (χ3n) is 10.7. The lowest BCUT2D eigenvalue weighted by Crippen LogP contribution is -2.60. The molecule has 1 heterocycles. The van der Waals surface area contributed by atoms with E-state index in [-0.39, 0.29) is 19.6 Å². The van der Waals surface area contributed by atoms with Crippen LogP contribution >= 0.6 is 0 Å². The van der Waals surface area contributed by atoms with Crippen molar-refractivity contribution in [1.29, 1.82) is 0 Å². The summed E-state index contributed by atoms with van der Waals surface area (Å²) in [6.45, 7) is 3.84. The zero-order chi connectivity index (χ0) is 44.7. The van der Waals surface area contributed by atoms with E-state index in [1.54, 1.807) is 0 Å². The fraction of sp³-hybridized carbons (Fsp3) is 0.812. The number of hydrogen-bond donors (Lipinski definition) is 4. The normalized spacial score (nSPS) is 20.5. The fourth-order valence-electron chi connectivity index (χ4n) is 7.13. The lowest BCUT2D eigenvalue weighted by molar-refractivity contribution is -0.301. The van der Waals surface area contributed by atoms with Crippen LogP contribution in [0.2, 0.25) is 0 Å². The van der Waals surface area contributed by atoms with Gasteiger partial charge in [0.15, 0.2) is 6.29 Å². The van der Waals surface area contributed by atoms with Gasteiger partial charge in [-0.15, -0.1) is 0 Å². The van der Waals surface area contributed by atoms with Gasteiger partial charge in [-0.1, -0.05) is 178 Å². The minimum Gasteiger partial charge on any atom is -0.457 e. The Bertz CT molecular complexity index is 1250. The zero-order valence-corrected chi connectivity index (χ0v) is 38.8. The number of allylic oxidation sites excluding steroid dienone is 8. The Morgan fingerprint density at radius 1 is 0.639 bits per heavy atom. The maximum atomic E-state index is 12.8. The summed E-state index contributed by atoms with van der Waals surface area (Å²) in [6, 6.07) is 0. The van der Waals surface area contributed by atoms with Crippen LogP contribution in [0.5, 0.6) is 0 Å². The molecule has 0 aromatic heterocycles. The Morgan fingerprint density at radius 3 is 1.62 bits per heavy atom. The van der Waals surface area contributed by atoms with E-state index in [4.69, 9.17) is 23.5 Å². The van der Waals surface area contributed by atoms with Crippen LogP contribution in [0, 0.1) is 0 Å². The van der Waals surface area contributed by atoms with Gasteiger partial charge in [-0.3, -0.25) is 9.35 Å². The Labute approximate surface area is 370 Å². The van der Waals surface area contributed by atoms with Crippen molar-refractivity contribution in [3.63, 3.8) is 0 Å². The van der Waals surface area contributed by atoms with E-state index >= 15 is 0 Å². The smallest absolute Gasteiger partial charge is 0.397 e. The molecule has 356 valence electrons. The number of hydrogen-bond acceptors (Lipinski definition) is 11. The second-order valence-corrected chi connectivity index (χ2v) is 17.4. The number of rotatable bonds is 41. The van der Waals surface area contributed by atoms with Crippen molar-refractivity contribution in [2.45, 2.75) is 224 Å². The van der Waals surface area contributed by atoms with Crippen molar-refractivity contribution >= 4 is 16.4 Å². The average molecular weight is 887 g/mol. The fourth-order valence-corrected chi connectivity index (χ4v) is 7.64. The minimum absolute atomic E-state index is 0.0204. The molecule has 1 rings (SSSR count). The van der Waals surface area contributed by atoms with Crippen molar-refractivity contribution in [1.82, 2.24) is 0 Å². The van der Waals surface area contributed by atoms with Crippen LogP contribution in [0.4, 0.5) is 0 Å². The molecule has 0 amide bonds. The van der Waals surface area contributed by atoms with Gasteiger partial charge in [0.25, 0.3) is 0 Å². The van der Waals surface area contributed by atoms with Gasteiger partial charge in [0.2, 0.25) is 0 Å². The molecule has 0 aromatic carbocycles. The predicted molar refractivity (Wildman–Crippen MR) is 243 cm³/mol. The van der Waals surface area contributed by atoms with Crippen LogP contribution in [-0.2, 0) is 38.3 Å².